The van der Waals surface area contributed by atoms with E-state index in [-0.39, 0.29) is 12.3 Å². The van der Waals surface area contributed by atoms with Crippen LogP contribution >= 0.6 is 22.9 Å². The summed E-state index contributed by atoms with van der Waals surface area (Å²) in [4.78, 5) is 1.21. The van der Waals surface area contributed by atoms with Crippen LogP contribution in [0.25, 0.3) is 0 Å². The number of nitrogens with zero attached hydrogens (tertiary/aromatic N) is 2. The second-order valence-corrected chi connectivity index (χ2v) is 7.57. The van der Waals surface area contributed by atoms with Crippen molar-refractivity contribution < 1.29 is 4.74 Å². The van der Waals surface area contributed by atoms with Crippen LogP contribution in [0.5, 0.6) is 5.75 Å². The van der Waals surface area contributed by atoms with Crippen molar-refractivity contribution in [2.45, 2.75) is 18.7 Å². The number of halogens is 1. The molecule has 0 saturated heterocycles. The summed E-state index contributed by atoms with van der Waals surface area (Å²) in [5.74, 6) is 0.891. The largest absolute Gasteiger partial charge is 0.464 e. The van der Waals surface area contributed by atoms with Crippen molar-refractivity contribution >= 4 is 28.6 Å². The number of rotatable bonds is 2. The van der Waals surface area contributed by atoms with Gasteiger partial charge < -0.3 is 4.74 Å². The topological polar surface area (TPSA) is 24.8 Å². The van der Waals surface area contributed by atoms with Crippen molar-refractivity contribution in [3.63, 3.8) is 0 Å². The maximum absolute atomic E-state index is 6.32. The first kappa shape index (κ1) is 15.0. The summed E-state index contributed by atoms with van der Waals surface area (Å²) in [6, 6.07) is 20.4. The number of hydrogen-bond acceptors (Lipinski definition) is 4. The fourth-order valence-corrected chi connectivity index (χ4v) is 4.39. The lowest BCUT2D eigenvalue weighted by atomic mass is 9.97. The van der Waals surface area contributed by atoms with Gasteiger partial charge in [-0.25, -0.2) is 5.01 Å². The van der Waals surface area contributed by atoms with Gasteiger partial charge in [0, 0.05) is 22.6 Å². The minimum Gasteiger partial charge on any atom is -0.464 e. The minimum absolute atomic E-state index is 0.143. The van der Waals surface area contributed by atoms with Gasteiger partial charge >= 0.3 is 0 Å². The van der Waals surface area contributed by atoms with E-state index in [9.17, 15) is 0 Å². The van der Waals surface area contributed by atoms with E-state index < -0.39 is 0 Å². The van der Waals surface area contributed by atoms with E-state index >= 15 is 0 Å². The molecule has 5 rings (SSSR count). The van der Waals surface area contributed by atoms with Gasteiger partial charge in [-0.3, -0.25) is 0 Å². The molecule has 0 amide bonds. The van der Waals surface area contributed by atoms with Gasteiger partial charge in [-0.2, -0.15) is 5.10 Å². The Bertz CT molecular complexity index is 940. The second-order valence-electron chi connectivity index (χ2n) is 6.19. The van der Waals surface area contributed by atoms with Crippen LogP contribution in [-0.4, -0.2) is 10.7 Å². The minimum atomic E-state index is -0.225. The first-order valence-corrected chi connectivity index (χ1v) is 9.46. The van der Waals surface area contributed by atoms with Gasteiger partial charge in [0.15, 0.2) is 0 Å². The highest BCUT2D eigenvalue weighted by molar-refractivity contribution is 7.12. The molecule has 0 N–H and O–H groups in total. The molecular weight excluding hydrogens is 352 g/mol. The third-order valence-corrected chi connectivity index (χ3v) is 5.80. The molecule has 2 aliphatic rings. The molecule has 0 fully saturated rings. The molecule has 0 bridgehead atoms. The van der Waals surface area contributed by atoms with E-state index in [1.54, 1.807) is 11.3 Å². The summed E-state index contributed by atoms with van der Waals surface area (Å²) in [6.45, 7) is 0. The van der Waals surface area contributed by atoms with E-state index in [1.807, 2.05) is 36.4 Å². The van der Waals surface area contributed by atoms with Gasteiger partial charge in [0.2, 0.25) is 6.23 Å². The van der Waals surface area contributed by atoms with Gasteiger partial charge in [0.25, 0.3) is 0 Å². The lowest BCUT2D eigenvalue weighted by molar-refractivity contribution is -0.0190. The van der Waals surface area contributed by atoms with Crippen molar-refractivity contribution in [1.82, 2.24) is 5.01 Å². The Kier molecular flexibility index (Phi) is 3.54. The molecule has 0 radical (unpaired) electrons. The molecule has 3 heterocycles. The lowest BCUT2D eigenvalue weighted by Gasteiger charge is -2.38. The highest BCUT2D eigenvalue weighted by Crippen LogP contribution is 2.48. The Hall–Kier alpha value is -2.30. The fraction of sp³-hybridized carbons (Fsp3) is 0.150. The molecule has 3 nitrogen and oxygen atoms in total. The molecule has 2 aromatic carbocycles. The average molecular weight is 367 g/mol. The van der Waals surface area contributed by atoms with Crippen molar-refractivity contribution in [3.8, 4) is 5.75 Å². The third kappa shape index (κ3) is 2.53. The fourth-order valence-electron chi connectivity index (χ4n) is 3.49. The standard InChI is InChI=1S/C20H15ClN2OS/c21-14-8-9-18-15(11-14)17-12-16(19-7-4-10-25-19)22-23(17)20(24-18)13-5-2-1-3-6-13/h1-11,17,20H,12H2/t17-,20+/m1/s1. The first-order valence-electron chi connectivity index (χ1n) is 8.20. The molecular formula is C20H15ClN2OS. The van der Waals surface area contributed by atoms with Crippen molar-refractivity contribution in [2.24, 2.45) is 5.10 Å². The normalized spacial score (nSPS) is 21.3. The van der Waals surface area contributed by atoms with E-state index in [4.69, 9.17) is 21.4 Å². The number of benzene rings is 2. The van der Waals surface area contributed by atoms with Crippen molar-refractivity contribution in [2.75, 3.05) is 0 Å². The molecule has 0 aliphatic carbocycles. The van der Waals surface area contributed by atoms with Gasteiger partial charge in [0.1, 0.15) is 5.75 Å². The van der Waals surface area contributed by atoms with Gasteiger partial charge in [-0.1, -0.05) is 48.0 Å². The van der Waals surface area contributed by atoms with Crippen LogP contribution in [0.3, 0.4) is 0 Å². The number of fused-ring (bicyclic) bond motifs is 3. The summed E-state index contributed by atoms with van der Waals surface area (Å²) in [6.07, 6.45) is 0.637. The zero-order chi connectivity index (χ0) is 16.8. The molecule has 0 unspecified atom stereocenters. The van der Waals surface area contributed by atoms with E-state index in [0.29, 0.717) is 0 Å². The molecule has 25 heavy (non-hydrogen) atoms. The predicted octanol–water partition coefficient (Wildman–Crippen LogP) is 5.64. The number of ether oxygens (including phenoxy) is 1. The Labute approximate surface area is 155 Å². The van der Waals surface area contributed by atoms with Gasteiger partial charge in [-0.05, 0) is 29.6 Å². The molecule has 0 spiro atoms. The summed E-state index contributed by atoms with van der Waals surface area (Å²) in [7, 11) is 0. The number of hydrazone groups is 1. The molecule has 0 saturated carbocycles. The van der Waals surface area contributed by atoms with Crippen LogP contribution in [0.1, 0.15) is 34.7 Å². The molecule has 1 aromatic heterocycles. The first-order chi connectivity index (χ1) is 12.3. The summed E-state index contributed by atoms with van der Waals surface area (Å²) in [5, 5.41) is 9.83. The summed E-state index contributed by atoms with van der Waals surface area (Å²) in [5.41, 5.74) is 3.32. The molecule has 2 aliphatic heterocycles. The Morgan fingerprint density at radius 2 is 1.96 bits per heavy atom. The Morgan fingerprint density at radius 1 is 1.08 bits per heavy atom. The van der Waals surface area contributed by atoms with Gasteiger partial charge in [-0.15, -0.1) is 11.3 Å². The van der Waals surface area contributed by atoms with Crippen LogP contribution < -0.4 is 4.74 Å². The zero-order valence-corrected chi connectivity index (χ0v) is 14.9. The molecule has 2 atom stereocenters. The van der Waals surface area contributed by atoms with E-state index in [2.05, 4.69) is 34.7 Å². The Balaban J connectivity index is 1.62. The van der Waals surface area contributed by atoms with Crippen LogP contribution in [0.4, 0.5) is 0 Å². The van der Waals surface area contributed by atoms with Gasteiger partial charge in [0.05, 0.1) is 16.6 Å². The molecule has 5 heteroatoms. The van der Waals surface area contributed by atoms with Crippen LogP contribution in [0.2, 0.25) is 5.02 Å². The maximum Gasteiger partial charge on any atom is 0.213 e. The third-order valence-electron chi connectivity index (χ3n) is 4.64. The van der Waals surface area contributed by atoms with Crippen molar-refractivity contribution in [3.05, 3.63) is 87.1 Å². The smallest absolute Gasteiger partial charge is 0.213 e. The SMILES string of the molecule is Clc1ccc2c(c1)[C@H]1CC(c3cccs3)=NN1[C@H](c1ccccc1)O2. The highest BCUT2D eigenvalue weighted by Gasteiger charge is 2.41. The highest BCUT2D eigenvalue weighted by atomic mass is 35.5. The average Bonchev–Trinajstić information content (AvgIpc) is 3.31. The summed E-state index contributed by atoms with van der Waals surface area (Å²) >= 11 is 7.97. The summed E-state index contributed by atoms with van der Waals surface area (Å²) < 4.78 is 6.32. The maximum atomic E-state index is 6.32. The second kappa shape index (κ2) is 5.90. The predicted molar refractivity (Wildman–Crippen MR) is 101 cm³/mol. The zero-order valence-electron chi connectivity index (χ0n) is 13.3. The van der Waals surface area contributed by atoms with Crippen LogP contribution in [0.15, 0.2) is 71.1 Å². The van der Waals surface area contributed by atoms with Crippen LogP contribution in [-0.2, 0) is 0 Å². The monoisotopic (exact) mass is 366 g/mol. The molecule has 3 aromatic rings. The Morgan fingerprint density at radius 3 is 2.76 bits per heavy atom. The van der Waals surface area contributed by atoms with Crippen molar-refractivity contribution in [1.29, 1.82) is 0 Å². The number of hydrogen-bond donors (Lipinski definition) is 0. The van der Waals surface area contributed by atoms with Crippen LogP contribution in [0, 0.1) is 0 Å². The van der Waals surface area contributed by atoms with E-state index in [0.717, 1.165) is 34.0 Å². The number of thiophene rings is 1. The molecule has 124 valence electrons. The van der Waals surface area contributed by atoms with E-state index in [1.165, 1.54) is 4.88 Å². The lowest BCUT2D eigenvalue weighted by Crippen LogP contribution is -2.33. The quantitative estimate of drug-likeness (QED) is 0.586.